The van der Waals surface area contributed by atoms with E-state index in [9.17, 15) is 18.3 Å². The molecule has 0 aliphatic heterocycles. The maximum absolute atomic E-state index is 12.1. The Kier molecular flexibility index (Phi) is 7.33. The summed E-state index contributed by atoms with van der Waals surface area (Å²) in [7, 11) is 0. The molecule has 1 aromatic rings. The van der Waals surface area contributed by atoms with Gasteiger partial charge in [-0.1, -0.05) is 26.0 Å². The number of halogens is 4. The fourth-order valence-electron chi connectivity index (χ4n) is 1.77. The number of nitrogens with two attached hydrogens (primary N) is 1. The van der Waals surface area contributed by atoms with Gasteiger partial charge < -0.3 is 15.6 Å². The molecule has 0 fully saturated rings. The van der Waals surface area contributed by atoms with Gasteiger partial charge in [-0.05, 0) is 30.0 Å². The van der Waals surface area contributed by atoms with E-state index in [0.29, 0.717) is 12.0 Å². The zero-order valence-electron chi connectivity index (χ0n) is 11.2. The Morgan fingerprint density at radius 2 is 1.90 bits per heavy atom. The van der Waals surface area contributed by atoms with Crippen molar-refractivity contribution >= 4 is 12.4 Å². The third kappa shape index (κ3) is 6.45. The lowest BCUT2D eigenvalue weighted by molar-refractivity contribution is -0.274. The Labute approximate surface area is 122 Å². The van der Waals surface area contributed by atoms with Crippen molar-refractivity contribution in [1.82, 2.24) is 0 Å². The van der Waals surface area contributed by atoms with Gasteiger partial charge in [0.2, 0.25) is 0 Å². The van der Waals surface area contributed by atoms with E-state index >= 15 is 0 Å². The van der Waals surface area contributed by atoms with Crippen molar-refractivity contribution in [3.63, 3.8) is 0 Å². The highest BCUT2D eigenvalue weighted by atomic mass is 35.5. The molecule has 0 amide bonds. The minimum Gasteiger partial charge on any atom is -0.406 e. The van der Waals surface area contributed by atoms with Gasteiger partial charge in [-0.2, -0.15) is 0 Å². The van der Waals surface area contributed by atoms with Crippen LogP contribution >= 0.6 is 12.4 Å². The van der Waals surface area contributed by atoms with E-state index in [4.69, 9.17) is 5.73 Å². The number of aliphatic hydroxyl groups is 1. The summed E-state index contributed by atoms with van der Waals surface area (Å²) in [5, 5.41) is 9.88. The smallest absolute Gasteiger partial charge is 0.406 e. The molecule has 0 aliphatic rings. The van der Waals surface area contributed by atoms with E-state index in [1.54, 1.807) is 6.07 Å². The minimum absolute atomic E-state index is 0. The molecule has 3 nitrogen and oxygen atoms in total. The first kappa shape index (κ1) is 19.0. The van der Waals surface area contributed by atoms with Crippen molar-refractivity contribution in [2.45, 2.75) is 38.8 Å². The summed E-state index contributed by atoms with van der Waals surface area (Å²) in [6.45, 7) is 3.86. The molecular weight excluding hydrogens is 295 g/mol. The van der Waals surface area contributed by atoms with Gasteiger partial charge in [0.05, 0.1) is 12.1 Å². The SMILES string of the molecule is CC(C)C[C@H](O)[C@H](N)c1cccc(OC(F)(F)F)c1.Cl. The molecule has 0 spiro atoms. The maximum atomic E-state index is 12.1. The highest BCUT2D eigenvalue weighted by Gasteiger charge is 2.31. The van der Waals surface area contributed by atoms with Crippen molar-refractivity contribution in [2.24, 2.45) is 11.7 Å². The van der Waals surface area contributed by atoms with Gasteiger partial charge in [-0.15, -0.1) is 25.6 Å². The summed E-state index contributed by atoms with van der Waals surface area (Å²) in [5.41, 5.74) is 6.24. The first-order valence-electron chi connectivity index (χ1n) is 5.98. The number of hydrogen-bond acceptors (Lipinski definition) is 3. The van der Waals surface area contributed by atoms with E-state index in [1.807, 2.05) is 13.8 Å². The molecule has 0 saturated carbocycles. The number of rotatable bonds is 5. The number of aliphatic hydroxyl groups excluding tert-OH is 1. The van der Waals surface area contributed by atoms with Crippen LogP contribution in [0.5, 0.6) is 5.75 Å². The normalized spacial score (nSPS) is 14.6. The van der Waals surface area contributed by atoms with E-state index in [-0.39, 0.29) is 24.1 Å². The predicted octanol–water partition coefficient (Wildman–Crippen LogP) is 3.41. The van der Waals surface area contributed by atoms with Gasteiger partial charge >= 0.3 is 6.36 Å². The van der Waals surface area contributed by atoms with Crippen LogP contribution < -0.4 is 10.5 Å². The lowest BCUT2D eigenvalue weighted by Gasteiger charge is -2.21. The second kappa shape index (κ2) is 7.71. The van der Waals surface area contributed by atoms with Crippen LogP contribution in [0, 0.1) is 5.92 Å². The van der Waals surface area contributed by atoms with E-state index in [2.05, 4.69) is 4.74 Å². The summed E-state index contributed by atoms with van der Waals surface area (Å²) >= 11 is 0. The molecule has 0 heterocycles. The van der Waals surface area contributed by atoms with Gasteiger partial charge in [0.15, 0.2) is 0 Å². The standard InChI is InChI=1S/C13H18F3NO2.ClH/c1-8(2)6-11(18)12(17)9-4-3-5-10(7-9)19-13(14,15)16;/h3-5,7-8,11-12,18H,6,17H2,1-2H3;1H/t11-,12+;/m0./s1. The van der Waals surface area contributed by atoms with Crippen LogP contribution in [0.4, 0.5) is 13.2 Å². The average Bonchev–Trinajstić information content (AvgIpc) is 2.25. The molecule has 116 valence electrons. The molecule has 1 aromatic carbocycles. The Morgan fingerprint density at radius 3 is 2.40 bits per heavy atom. The molecule has 1 rings (SSSR count). The van der Waals surface area contributed by atoms with Gasteiger partial charge in [0.25, 0.3) is 0 Å². The molecule has 0 radical (unpaired) electrons. The molecule has 7 heteroatoms. The van der Waals surface area contributed by atoms with Crippen LogP contribution in [-0.4, -0.2) is 17.6 Å². The van der Waals surface area contributed by atoms with Crippen LogP contribution in [0.15, 0.2) is 24.3 Å². The topological polar surface area (TPSA) is 55.5 Å². The maximum Gasteiger partial charge on any atom is 0.573 e. The van der Waals surface area contributed by atoms with Crippen LogP contribution in [0.3, 0.4) is 0 Å². The van der Waals surface area contributed by atoms with Gasteiger partial charge in [0, 0.05) is 0 Å². The number of benzene rings is 1. The molecular formula is C13H19ClF3NO2. The summed E-state index contributed by atoms with van der Waals surface area (Å²) in [4.78, 5) is 0. The summed E-state index contributed by atoms with van der Waals surface area (Å²) < 4.78 is 40.1. The summed E-state index contributed by atoms with van der Waals surface area (Å²) in [6, 6.07) is 4.63. The van der Waals surface area contributed by atoms with Gasteiger partial charge in [-0.3, -0.25) is 0 Å². The van der Waals surface area contributed by atoms with Crippen LogP contribution in [0.2, 0.25) is 0 Å². The van der Waals surface area contributed by atoms with Crippen LogP contribution in [0.1, 0.15) is 31.9 Å². The molecule has 2 atom stereocenters. The monoisotopic (exact) mass is 313 g/mol. The zero-order valence-corrected chi connectivity index (χ0v) is 12.0. The van der Waals surface area contributed by atoms with E-state index < -0.39 is 18.5 Å². The zero-order chi connectivity index (χ0) is 14.6. The Balaban J connectivity index is 0.00000361. The van der Waals surface area contributed by atoms with Crippen molar-refractivity contribution in [1.29, 1.82) is 0 Å². The lowest BCUT2D eigenvalue weighted by Crippen LogP contribution is -2.27. The fraction of sp³-hybridized carbons (Fsp3) is 0.538. The molecule has 0 saturated heterocycles. The highest BCUT2D eigenvalue weighted by Crippen LogP contribution is 2.27. The van der Waals surface area contributed by atoms with E-state index in [1.165, 1.54) is 18.2 Å². The summed E-state index contributed by atoms with van der Waals surface area (Å²) in [6.07, 6.45) is -5.06. The van der Waals surface area contributed by atoms with Crippen molar-refractivity contribution in [3.8, 4) is 5.75 Å². The second-order valence-corrected chi connectivity index (χ2v) is 4.84. The van der Waals surface area contributed by atoms with E-state index in [0.717, 1.165) is 0 Å². The van der Waals surface area contributed by atoms with Crippen molar-refractivity contribution < 1.29 is 23.0 Å². The third-order valence-electron chi connectivity index (χ3n) is 2.60. The van der Waals surface area contributed by atoms with Crippen LogP contribution in [0.25, 0.3) is 0 Å². The molecule has 0 aliphatic carbocycles. The molecule has 0 unspecified atom stereocenters. The van der Waals surface area contributed by atoms with Crippen molar-refractivity contribution in [3.05, 3.63) is 29.8 Å². The Hall–Kier alpha value is -0.980. The number of alkyl halides is 3. The first-order chi connectivity index (χ1) is 8.69. The molecule has 0 bridgehead atoms. The second-order valence-electron chi connectivity index (χ2n) is 4.84. The molecule has 3 N–H and O–H groups in total. The highest BCUT2D eigenvalue weighted by molar-refractivity contribution is 5.85. The van der Waals surface area contributed by atoms with Gasteiger partial charge in [-0.25, -0.2) is 0 Å². The Bertz CT molecular complexity index is 413. The predicted molar refractivity (Wildman–Crippen MR) is 72.8 cm³/mol. The molecule has 20 heavy (non-hydrogen) atoms. The Morgan fingerprint density at radius 1 is 1.30 bits per heavy atom. The van der Waals surface area contributed by atoms with Crippen LogP contribution in [-0.2, 0) is 0 Å². The first-order valence-corrected chi connectivity index (χ1v) is 5.98. The molecule has 0 aromatic heterocycles. The van der Waals surface area contributed by atoms with Gasteiger partial charge in [0.1, 0.15) is 5.75 Å². The third-order valence-corrected chi connectivity index (χ3v) is 2.60. The lowest BCUT2D eigenvalue weighted by atomic mass is 9.95. The largest absolute Gasteiger partial charge is 0.573 e. The number of hydrogen-bond donors (Lipinski definition) is 2. The van der Waals surface area contributed by atoms with Crippen molar-refractivity contribution in [2.75, 3.05) is 0 Å². The number of ether oxygens (including phenoxy) is 1. The summed E-state index contributed by atoms with van der Waals surface area (Å²) in [5.74, 6) is -0.0899. The fourth-order valence-corrected chi connectivity index (χ4v) is 1.77. The minimum atomic E-state index is -4.74. The quantitative estimate of drug-likeness (QED) is 0.876. The average molecular weight is 314 g/mol.